The Morgan fingerprint density at radius 2 is 1.80 bits per heavy atom. The van der Waals surface area contributed by atoms with Gasteiger partial charge in [-0.05, 0) is 37.1 Å². The van der Waals surface area contributed by atoms with Crippen LogP contribution in [-0.4, -0.2) is 34.5 Å². The van der Waals surface area contributed by atoms with Crippen LogP contribution in [0, 0.1) is 18.3 Å². The first-order valence-corrected chi connectivity index (χ1v) is 6.47. The highest BCUT2D eigenvalue weighted by Gasteiger charge is 2.26. The number of terminal acetylenes is 1. The Kier molecular flexibility index (Phi) is 5.33. The van der Waals surface area contributed by atoms with Gasteiger partial charge in [0.05, 0.1) is 0 Å². The molecule has 0 radical (unpaired) electrons. The lowest BCUT2D eigenvalue weighted by Crippen LogP contribution is -2.45. The fourth-order valence-corrected chi connectivity index (χ4v) is 1.82. The van der Waals surface area contributed by atoms with Crippen molar-refractivity contribution in [1.29, 1.82) is 0 Å². The minimum Gasteiger partial charge on any atom is -0.480 e. The average Bonchev–Trinajstić information content (AvgIpc) is 2.43. The Morgan fingerprint density at radius 3 is 2.20 bits per heavy atom. The number of hydrogen-bond donors (Lipinski definition) is 1. The molecule has 1 rings (SSSR count). The van der Waals surface area contributed by atoms with Gasteiger partial charge in [-0.3, -0.25) is 4.79 Å². The Balaban J connectivity index is 3.03. The zero-order chi connectivity index (χ0) is 15.3. The number of amides is 1. The van der Waals surface area contributed by atoms with Gasteiger partial charge in [-0.15, -0.1) is 6.42 Å². The molecule has 4 nitrogen and oxygen atoms in total. The first-order chi connectivity index (χ1) is 9.36. The van der Waals surface area contributed by atoms with Crippen LogP contribution >= 0.6 is 0 Å². The minimum atomic E-state index is -1.01. The number of carboxylic acids is 1. The molecule has 0 aliphatic rings. The van der Waals surface area contributed by atoms with Gasteiger partial charge in [-0.25, -0.2) is 4.79 Å². The molecule has 0 fully saturated rings. The summed E-state index contributed by atoms with van der Waals surface area (Å²) in [6.45, 7) is 5.79. The molecule has 0 saturated carbocycles. The van der Waals surface area contributed by atoms with E-state index in [1.54, 1.807) is 24.3 Å². The van der Waals surface area contributed by atoms with Gasteiger partial charge in [0.15, 0.2) is 0 Å². The Bertz CT molecular complexity index is 526. The molecule has 0 aliphatic carbocycles. The van der Waals surface area contributed by atoms with Crippen LogP contribution in [0.1, 0.15) is 36.7 Å². The molecule has 1 atom stereocenters. The van der Waals surface area contributed by atoms with Crippen molar-refractivity contribution in [2.24, 2.45) is 5.92 Å². The van der Waals surface area contributed by atoms with E-state index in [1.165, 1.54) is 11.8 Å². The van der Waals surface area contributed by atoms with E-state index in [2.05, 4.69) is 5.92 Å². The van der Waals surface area contributed by atoms with Gasteiger partial charge in [0.1, 0.15) is 6.04 Å². The summed E-state index contributed by atoms with van der Waals surface area (Å²) in [6.07, 6.45) is 5.27. The number of hydrogen-bond acceptors (Lipinski definition) is 2. The summed E-state index contributed by atoms with van der Waals surface area (Å²) in [5.74, 6) is 1.35. The van der Waals surface area contributed by atoms with E-state index in [1.807, 2.05) is 13.8 Å². The number of carbonyl (C=O) groups is 2. The Hall–Kier alpha value is -2.28. The number of aliphatic carboxylic acids is 1. The summed E-state index contributed by atoms with van der Waals surface area (Å²) in [6, 6.07) is 5.73. The molecule has 1 unspecified atom stereocenters. The maximum Gasteiger partial charge on any atom is 0.326 e. The summed E-state index contributed by atoms with van der Waals surface area (Å²) in [4.78, 5) is 24.9. The fraction of sp³-hybridized carbons (Fsp3) is 0.375. The lowest BCUT2D eigenvalue weighted by Gasteiger charge is -2.28. The second-order valence-electron chi connectivity index (χ2n) is 5.09. The Labute approximate surface area is 119 Å². The third kappa shape index (κ3) is 3.86. The number of benzene rings is 1. The lowest BCUT2D eigenvalue weighted by atomic mass is 10.1. The molecule has 0 heterocycles. The highest BCUT2D eigenvalue weighted by molar-refractivity contribution is 5.96. The molecule has 1 aromatic carbocycles. The molecule has 0 saturated heterocycles. The quantitative estimate of drug-likeness (QED) is 0.837. The van der Waals surface area contributed by atoms with E-state index in [0.717, 1.165) is 0 Å². The van der Waals surface area contributed by atoms with Crippen LogP contribution in [0.15, 0.2) is 24.3 Å². The predicted octanol–water partition coefficient (Wildman–Crippen LogP) is 2.24. The van der Waals surface area contributed by atoms with Crippen molar-refractivity contribution in [2.45, 2.75) is 26.8 Å². The van der Waals surface area contributed by atoms with Crippen molar-refractivity contribution >= 4 is 11.9 Å². The monoisotopic (exact) mass is 273 g/mol. The molecular weight excluding hydrogens is 254 g/mol. The highest BCUT2D eigenvalue weighted by Crippen LogP contribution is 2.12. The van der Waals surface area contributed by atoms with Gasteiger partial charge in [-0.1, -0.05) is 19.8 Å². The van der Waals surface area contributed by atoms with Crippen LogP contribution in [0.3, 0.4) is 0 Å². The van der Waals surface area contributed by atoms with Crippen molar-refractivity contribution < 1.29 is 14.7 Å². The summed E-state index contributed by atoms with van der Waals surface area (Å²) in [5.41, 5.74) is 1.13. The number of carbonyl (C=O) groups excluding carboxylic acids is 1. The molecule has 20 heavy (non-hydrogen) atoms. The van der Waals surface area contributed by atoms with Gasteiger partial charge in [0, 0.05) is 17.7 Å². The van der Waals surface area contributed by atoms with Gasteiger partial charge in [0.25, 0.3) is 5.91 Å². The molecule has 1 amide bonds. The van der Waals surface area contributed by atoms with E-state index < -0.39 is 12.0 Å². The van der Waals surface area contributed by atoms with Crippen LogP contribution in [0.4, 0.5) is 0 Å². The van der Waals surface area contributed by atoms with Gasteiger partial charge >= 0.3 is 5.97 Å². The number of nitrogens with zero attached hydrogens (tertiary/aromatic N) is 1. The van der Waals surface area contributed by atoms with Crippen LogP contribution in [0.25, 0.3) is 0 Å². The first kappa shape index (κ1) is 15.8. The SMILES string of the molecule is C#Cc1ccc(C(=O)N(CC(C)C)C(C)C(=O)O)cc1. The number of carboxylic acid groups (broad SMARTS) is 1. The van der Waals surface area contributed by atoms with Gasteiger partial charge in [-0.2, -0.15) is 0 Å². The normalized spacial score (nSPS) is 11.8. The molecule has 0 aromatic heterocycles. The Morgan fingerprint density at radius 1 is 1.25 bits per heavy atom. The molecular formula is C16H19NO3. The van der Waals surface area contributed by atoms with Crippen molar-refractivity contribution in [3.05, 3.63) is 35.4 Å². The first-order valence-electron chi connectivity index (χ1n) is 6.47. The molecule has 1 N–H and O–H groups in total. The van der Waals surface area contributed by atoms with Crippen LogP contribution in [0.5, 0.6) is 0 Å². The third-order valence-corrected chi connectivity index (χ3v) is 2.95. The van der Waals surface area contributed by atoms with Crippen molar-refractivity contribution in [1.82, 2.24) is 4.90 Å². The molecule has 1 aromatic rings. The average molecular weight is 273 g/mol. The van der Waals surface area contributed by atoms with Crippen molar-refractivity contribution in [3.8, 4) is 12.3 Å². The molecule has 4 heteroatoms. The second kappa shape index (κ2) is 6.76. The molecule has 0 spiro atoms. The van der Waals surface area contributed by atoms with E-state index in [-0.39, 0.29) is 11.8 Å². The summed E-state index contributed by atoms with van der Waals surface area (Å²) >= 11 is 0. The lowest BCUT2D eigenvalue weighted by molar-refractivity contribution is -0.141. The predicted molar refractivity (Wildman–Crippen MR) is 77.3 cm³/mol. The van der Waals surface area contributed by atoms with Crippen LogP contribution in [0.2, 0.25) is 0 Å². The van der Waals surface area contributed by atoms with Crippen LogP contribution < -0.4 is 0 Å². The molecule has 0 bridgehead atoms. The van der Waals surface area contributed by atoms with E-state index in [9.17, 15) is 9.59 Å². The zero-order valence-electron chi connectivity index (χ0n) is 12.0. The molecule has 0 aliphatic heterocycles. The van der Waals surface area contributed by atoms with E-state index >= 15 is 0 Å². The minimum absolute atomic E-state index is 0.186. The van der Waals surface area contributed by atoms with Gasteiger partial charge in [0.2, 0.25) is 0 Å². The highest BCUT2D eigenvalue weighted by atomic mass is 16.4. The summed E-state index contributed by atoms with van der Waals surface area (Å²) < 4.78 is 0. The zero-order valence-corrected chi connectivity index (χ0v) is 12.0. The van der Waals surface area contributed by atoms with Gasteiger partial charge < -0.3 is 10.0 Å². The van der Waals surface area contributed by atoms with Crippen molar-refractivity contribution in [2.75, 3.05) is 6.54 Å². The topological polar surface area (TPSA) is 57.6 Å². The van der Waals surface area contributed by atoms with Crippen molar-refractivity contribution in [3.63, 3.8) is 0 Å². The maximum absolute atomic E-state index is 12.4. The summed E-state index contributed by atoms with van der Waals surface area (Å²) in [7, 11) is 0. The van der Waals surface area contributed by atoms with Crippen LogP contribution in [-0.2, 0) is 4.79 Å². The largest absolute Gasteiger partial charge is 0.480 e. The van der Waals surface area contributed by atoms with E-state index in [0.29, 0.717) is 17.7 Å². The second-order valence-corrected chi connectivity index (χ2v) is 5.09. The maximum atomic E-state index is 12.4. The summed E-state index contributed by atoms with van der Waals surface area (Å²) in [5, 5.41) is 9.12. The smallest absolute Gasteiger partial charge is 0.326 e. The standard InChI is InChI=1S/C16H19NO3/c1-5-13-6-8-14(9-7-13)15(18)17(10-11(2)3)12(4)16(19)20/h1,6-9,11-12H,10H2,2-4H3,(H,19,20). The number of rotatable bonds is 5. The molecule has 106 valence electrons. The fourth-order valence-electron chi connectivity index (χ4n) is 1.82. The van der Waals surface area contributed by atoms with E-state index in [4.69, 9.17) is 11.5 Å². The third-order valence-electron chi connectivity index (χ3n) is 2.95.